The van der Waals surface area contributed by atoms with E-state index in [1.165, 1.54) is 30.3 Å². The van der Waals surface area contributed by atoms with E-state index in [2.05, 4.69) is 16.0 Å². The first-order chi connectivity index (χ1) is 19.8. The summed E-state index contributed by atoms with van der Waals surface area (Å²) in [7, 11) is 0. The van der Waals surface area contributed by atoms with Gasteiger partial charge in [0, 0.05) is 43.8 Å². The Bertz CT molecular complexity index is 1350. The van der Waals surface area contributed by atoms with E-state index in [4.69, 9.17) is 28.9 Å². The molecule has 42 heavy (non-hydrogen) atoms. The summed E-state index contributed by atoms with van der Waals surface area (Å²) >= 11 is 12.3. The van der Waals surface area contributed by atoms with E-state index in [9.17, 15) is 18.8 Å². The van der Waals surface area contributed by atoms with Gasteiger partial charge in [-0.25, -0.2) is 8.78 Å². The van der Waals surface area contributed by atoms with Gasteiger partial charge in [-0.3, -0.25) is 14.5 Å². The molecule has 0 aromatic heterocycles. The number of nitrogens with zero attached hydrogens (tertiary/aromatic N) is 1. The molecule has 8 nitrogen and oxygen atoms in total. The van der Waals surface area contributed by atoms with E-state index in [-0.39, 0.29) is 27.9 Å². The zero-order valence-corrected chi connectivity index (χ0v) is 25.4. The van der Waals surface area contributed by atoms with E-state index in [1.807, 2.05) is 25.7 Å². The minimum Gasteiger partial charge on any atom is -0.355 e. The summed E-state index contributed by atoms with van der Waals surface area (Å²) in [4.78, 5) is 40.9. The van der Waals surface area contributed by atoms with Gasteiger partial charge in [0.2, 0.25) is 11.8 Å². The molecule has 2 heterocycles. The van der Waals surface area contributed by atoms with Gasteiger partial charge in [-0.15, -0.1) is 0 Å². The van der Waals surface area contributed by atoms with Crippen LogP contribution in [0.5, 0.6) is 0 Å². The Labute approximate surface area is 254 Å². The van der Waals surface area contributed by atoms with Crippen LogP contribution in [0.25, 0.3) is 0 Å². The zero-order chi connectivity index (χ0) is 30.8. The number of amides is 2. The third-order valence-corrected chi connectivity index (χ3v) is 8.59. The number of hydrogen-bond donors (Lipinski definition) is 4. The second-order valence-electron chi connectivity index (χ2n) is 12.1. The molecule has 5 N–H and O–H groups in total. The number of aldehydes is 1. The van der Waals surface area contributed by atoms with Crippen LogP contribution in [0, 0.1) is 17.0 Å². The topological polar surface area (TPSA) is 117 Å². The lowest BCUT2D eigenvalue weighted by molar-refractivity contribution is -0.124. The van der Waals surface area contributed by atoms with Gasteiger partial charge in [-0.05, 0) is 53.6 Å². The number of hydrogen-bond acceptors (Lipinski definition) is 6. The fourth-order valence-corrected chi connectivity index (χ4v) is 6.70. The minimum atomic E-state index is -1.43. The van der Waals surface area contributed by atoms with Crippen molar-refractivity contribution in [3.8, 4) is 0 Å². The van der Waals surface area contributed by atoms with Crippen LogP contribution in [0.15, 0.2) is 30.3 Å². The lowest BCUT2D eigenvalue weighted by Crippen LogP contribution is -2.49. The number of halogens is 4. The van der Waals surface area contributed by atoms with Crippen LogP contribution in [0.1, 0.15) is 50.7 Å². The molecule has 2 aliphatic rings. The number of carbonyl (C=O) groups is 3. The van der Waals surface area contributed by atoms with Crippen LogP contribution in [0.2, 0.25) is 10.0 Å². The molecule has 0 unspecified atom stereocenters. The van der Waals surface area contributed by atoms with E-state index in [1.54, 1.807) is 0 Å². The molecule has 1 saturated heterocycles. The Morgan fingerprint density at radius 3 is 2.50 bits per heavy atom. The van der Waals surface area contributed by atoms with Crippen molar-refractivity contribution in [3.63, 3.8) is 0 Å². The first-order valence-electron chi connectivity index (χ1n) is 14.0. The van der Waals surface area contributed by atoms with E-state index < -0.39 is 41.0 Å². The molecule has 4 rings (SSSR count). The third-order valence-electron chi connectivity index (χ3n) is 8.01. The predicted molar refractivity (Wildman–Crippen MR) is 160 cm³/mol. The van der Waals surface area contributed by atoms with Gasteiger partial charge in [-0.2, -0.15) is 0 Å². The molecule has 12 heteroatoms. The second-order valence-corrected chi connectivity index (χ2v) is 13.0. The number of fused-ring (bicyclic) bond motifs is 2. The highest BCUT2D eigenvalue weighted by Crippen LogP contribution is 2.57. The van der Waals surface area contributed by atoms with Crippen LogP contribution in [0.4, 0.5) is 14.5 Å². The van der Waals surface area contributed by atoms with Gasteiger partial charge in [0.25, 0.3) is 0 Å². The molecule has 2 amide bonds. The molecule has 4 atom stereocenters. The first-order valence-corrected chi connectivity index (χ1v) is 14.7. The fraction of sp³-hybridized carbons (Fsp3) is 0.500. The van der Waals surface area contributed by atoms with Gasteiger partial charge in [0.1, 0.15) is 23.3 Å². The first kappa shape index (κ1) is 32.3. The van der Waals surface area contributed by atoms with E-state index >= 15 is 4.39 Å². The molecule has 2 aliphatic heterocycles. The smallest absolute Gasteiger partial charge is 0.237 e. The van der Waals surface area contributed by atoms with Crippen LogP contribution >= 0.6 is 23.2 Å². The number of nitrogens with two attached hydrogens (primary N) is 1. The summed E-state index contributed by atoms with van der Waals surface area (Å²) in [6.45, 7) is 8.11. The number of benzene rings is 2. The summed E-state index contributed by atoms with van der Waals surface area (Å²) in [5.74, 6) is -2.98. The summed E-state index contributed by atoms with van der Waals surface area (Å²) in [6, 6.07) is 5.22. The molecular weight excluding hydrogens is 587 g/mol. The average Bonchev–Trinajstić information content (AvgIpc) is 3.38. The van der Waals surface area contributed by atoms with Gasteiger partial charge < -0.3 is 26.5 Å². The van der Waals surface area contributed by atoms with Crippen LogP contribution in [-0.4, -0.2) is 67.8 Å². The summed E-state index contributed by atoms with van der Waals surface area (Å²) in [5, 5.41) is 8.96. The van der Waals surface area contributed by atoms with Crippen LogP contribution in [0.3, 0.4) is 0 Å². The highest BCUT2D eigenvalue weighted by molar-refractivity contribution is 6.31. The van der Waals surface area contributed by atoms with Crippen molar-refractivity contribution in [2.24, 2.45) is 11.1 Å². The van der Waals surface area contributed by atoms with Gasteiger partial charge in [0.15, 0.2) is 0 Å². The Morgan fingerprint density at radius 1 is 1.14 bits per heavy atom. The summed E-state index contributed by atoms with van der Waals surface area (Å²) in [5.41, 5.74) is 5.11. The minimum absolute atomic E-state index is 0.140. The molecule has 0 bridgehead atoms. The molecule has 1 spiro atoms. The highest BCUT2D eigenvalue weighted by atomic mass is 35.5. The van der Waals surface area contributed by atoms with Gasteiger partial charge >= 0.3 is 0 Å². The van der Waals surface area contributed by atoms with Crippen molar-refractivity contribution < 1.29 is 23.2 Å². The molecular formula is C30H37Cl2F2N5O3. The van der Waals surface area contributed by atoms with Crippen molar-refractivity contribution in [1.82, 2.24) is 15.5 Å². The van der Waals surface area contributed by atoms with E-state index in [0.717, 1.165) is 6.29 Å². The maximum Gasteiger partial charge on any atom is 0.237 e. The predicted octanol–water partition coefficient (Wildman–Crippen LogP) is 3.99. The van der Waals surface area contributed by atoms with Crippen LogP contribution in [-0.2, 0) is 19.8 Å². The Balaban J connectivity index is 1.77. The standard InChI is InChI=1S/C30H37Cl2F2N5O3/c1-29(2,3)16-24-30(18-14-22(34)20(32)15-23(18)37-28(30)42)25(17-5-6-21(33)19(31)13-17)26(38-24)27(41)36-8-4-9-39(10-7-35)11-12-40/h5-6,12-15,24-26,38H,4,7-11,16,35H2,1-3H3,(H,36,41)(H,37,42)/t24-,25+,26-,30+/m1/s1. The average molecular weight is 625 g/mol. The van der Waals surface area contributed by atoms with Crippen molar-refractivity contribution in [1.29, 1.82) is 0 Å². The number of anilines is 1. The number of nitrogens with one attached hydrogen (secondary N) is 3. The Hall–Kier alpha value is -2.63. The van der Waals surface area contributed by atoms with Gasteiger partial charge in [0.05, 0.1) is 22.6 Å². The SMILES string of the molecule is CC(C)(C)C[C@H]1N[C@@H](C(=O)NCCCN(CC=O)CCN)[C@H](c2ccc(F)c(Cl)c2)[C@@]12C(=O)Nc1cc(Cl)c(F)cc12. The van der Waals surface area contributed by atoms with Crippen molar-refractivity contribution in [3.05, 3.63) is 63.1 Å². The maximum absolute atomic E-state index is 15.0. The summed E-state index contributed by atoms with van der Waals surface area (Å²) < 4.78 is 29.3. The molecule has 0 radical (unpaired) electrons. The normalized spacial score (nSPS) is 23.4. The number of rotatable bonds is 11. The van der Waals surface area contributed by atoms with Crippen molar-refractivity contribution in [2.75, 3.05) is 38.0 Å². The third kappa shape index (κ3) is 6.33. The van der Waals surface area contributed by atoms with Crippen molar-refractivity contribution >= 4 is 47.0 Å². The highest BCUT2D eigenvalue weighted by Gasteiger charge is 2.65. The number of carbonyl (C=O) groups excluding carboxylic acids is 3. The molecule has 0 saturated carbocycles. The lowest BCUT2D eigenvalue weighted by atomic mass is 9.62. The van der Waals surface area contributed by atoms with Gasteiger partial charge in [-0.1, -0.05) is 50.0 Å². The quantitative estimate of drug-likeness (QED) is 0.222. The Kier molecular flexibility index (Phi) is 9.94. The monoisotopic (exact) mass is 623 g/mol. The molecule has 2 aromatic carbocycles. The lowest BCUT2D eigenvalue weighted by Gasteiger charge is -2.37. The second kappa shape index (κ2) is 12.9. The Morgan fingerprint density at radius 2 is 1.86 bits per heavy atom. The molecule has 1 fully saturated rings. The molecule has 2 aromatic rings. The zero-order valence-electron chi connectivity index (χ0n) is 23.9. The summed E-state index contributed by atoms with van der Waals surface area (Å²) in [6.07, 6.45) is 1.83. The largest absolute Gasteiger partial charge is 0.355 e. The van der Waals surface area contributed by atoms with E-state index in [0.29, 0.717) is 55.8 Å². The molecule has 228 valence electrons. The molecule has 0 aliphatic carbocycles. The fourth-order valence-electron chi connectivity index (χ4n) is 6.35. The van der Waals surface area contributed by atoms with Crippen LogP contribution < -0.4 is 21.7 Å². The maximum atomic E-state index is 15.0. The van der Waals surface area contributed by atoms with Crippen molar-refractivity contribution in [2.45, 2.75) is 57.0 Å².